The fraction of sp³-hybridized carbons (Fsp3) is 0.444. The Bertz CT molecular complexity index is 198. The average Bonchev–Trinajstić information content (AvgIpc) is 2.07. The first-order chi connectivity index (χ1) is 5.34. The van der Waals surface area contributed by atoms with Crippen LogP contribution in [0.15, 0.2) is 24.5 Å². The lowest BCUT2D eigenvalue weighted by atomic mass is 10.1. The summed E-state index contributed by atoms with van der Waals surface area (Å²) in [6, 6.07) is 4.17. The zero-order chi connectivity index (χ0) is 8.10. The Morgan fingerprint density at radius 3 is 2.64 bits per heavy atom. The van der Waals surface area contributed by atoms with E-state index in [0.717, 1.165) is 0 Å². The number of nitrogens with zero attached hydrogens (tertiary/aromatic N) is 1. The first-order valence-electron chi connectivity index (χ1n) is 3.73. The van der Waals surface area contributed by atoms with Crippen LogP contribution in [-0.4, -0.2) is 17.0 Å². The van der Waals surface area contributed by atoms with Gasteiger partial charge in [-0.1, -0.05) is 6.92 Å². The van der Waals surface area contributed by atoms with Gasteiger partial charge in [-0.05, 0) is 35.6 Å². The lowest BCUT2D eigenvalue weighted by Crippen LogP contribution is -1.95. The van der Waals surface area contributed by atoms with E-state index in [1.54, 1.807) is 0 Å². The van der Waals surface area contributed by atoms with E-state index < -0.39 is 0 Å². The van der Waals surface area contributed by atoms with Gasteiger partial charge in [0.25, 0.3) is 0 Å². The number of aromatic nitrogens is 1. The van der Waals surface area contributed by atoms with Crippen LogP contribution in [0.1, 0.15) is 18.4 Å². The molecule has 0 bridgehead atoms. The van der Waals surface area contributed by atoms with Gasteiger partial charge in [0.05, 0.1) is 0 Å². The minimum Gasteiger partial charge on any atom is -0.265 e. The Balaban J connectivity index is 2.61. The Morgan fingerprint density at radius 1 is 1.45 bits per heavy atom. The van der Waals surface area contributed by atoms with E-state index >= 15 is 0 Å². The topological polar surface area (TPSA) is 12.9 Å². The largest absolute Gasteiger partial charge is 0.265 e. The Kier molecular flexibility index (Phi) is 3.43. The van der Waals surface area contributed by atoms with E-state index in [1.165, 1.54) is 11.3 Å². The second kappa shape index (κ2) is 4.39. The smallest absolute Gasteiger partial charge is 0.0270 e. The Hall–Kier alpha value is -0.500. The molecule has 1 atom stereocenters. The van der Waals surface area contributed by atoms with Crippen molar-refractivity contribution in [3.05, 3.63) is 30.1 Å². The number of hydrogen-bond acceptors (Lipinski definition) is 2. The fourth-order valence-electron chi connectivity index (χ4n) is 1.04. The van der Waals surface area contributed by atoms with Gasteiger partial charge < -0.3 is 0 Å². The van der Waals surface area contributed by atoms with E-state index in [0.29, 0.717) is 5.92 Å². The maximum absolute atomic E-state index is 3.98. The van der Waals surface area contributed by atoms with Gasteiger partial charge in [-0.15, -0.1) is 0 Å². The summed E-state index contributed by atoms with van der Waals surface area (Å²) >= 11 is 1.88. The summed E-state index contributed by atoms with van der Waals surface area (Å²) in [7, 11) is 0. The number of rotatable bonds is 3. The van der Waals surface area contributed by atoms with Gasteiger partial charge >= 0.3 is 0 Å². The summed E-state index contributed by atoms with van der Waals surface area (Å²) in [5, 5.41) is 0. The lowest BCUT2D eigenvalue weighted by molar-refractivity contribution is 0.878. The summed E-state index contributed by atoms with van der Waals surface area (Å²) in [4.78, 5) is 3.98. The molecule has 0 aliphatic heterocycles. The predicted molar refractivity (Wildman–Crippen MR) is 51.0 cm³/mol. The van der Waals surface area contributed by atoms with Crippen molar-refractivity contribution in [1.29, 1.82) is 0 Å². The predicted octanol–water partition coefficient (Wildman–Crippen LogP) is 2.55. The molecule has 0 amide bonds. The number of pyridine rings is 1. The van der Waals surface area contributed by atoms with E-state index in [2.05, 4.69) is 30.3 Å². The minimum atomic E-state index is 0.646. The van der Waals surface area contributed by atoms with Crippen molar-refractivity contribution in [2.24, 2.45) is 0 Å². The maximum Gasteiger partial charge on any atom is 0.0270 e. The molecular formula is C9H13NS. The second-order valence-corrected chi connectivity index (χ2v) is 3.55. The van der Waals surface area contributed by atoms with E-state index in [4.69, 9.17) is 0 Å². The van der Waals surface area contributed by atoms with Crippen LogP contribution in [0.4, 0.5) is 0 Å². The van der Waals surface area contributed by atoms with Crippen molar-refractivity contribution in [3.63, 3.8) is 0 Å². The highest BCUT2D eigenvalue weighted by molar-refractivity contribution is 7.98. The standard InChI is InChI=1S/C9H13NS/c1-8(7-11-2)9-3-5-10-6-4-9/h3-6,8H,7H2,1-2H3. The van der Waals surface area contributed by atoms with Gasteiger partial charge in [0, 0.05) is 12.4 Å². The summed E-state index contributed by atoms with van der Waals surface area (Å²) in [6.07, 6.45) is 5.84. The normalized spacial score (nSPS) is 12.9. The first-order valence-corrected chi connectivity index (χ1v) is 5.13. The molecule has 2 heteroatoms. The second-order valence-electron chi connectivity index (χ2n) is 2.64. The molecule has 0 spiro atoms. The highest BCUT2D eigenvalue weighted by Gasteiger charge is 2.02. The first kappa shape index (κ1) is 8.60. The van der Waals surface area contributed by atoms with Crippen LogP contribution >= 0.6 is 11.8 Å². The van der Waals surface area contributed by atoms with Crippen LogP contribution in [0.3, 0.4) is 0 Å². The van der Waals surface area contributed by atoms with Crippen LogP contribution in [0.5, 0.6) is 0 Å². The van der Waals surface area contributed by atoms with Crippen LogP contribution in [0.25, 0.3) is 0 Å². The van der Waals surface area contributed by atoms with Crippen LogP contribution in [0.2, 0.25) is 0 Å². The molecule has 0 saturated carbocycles. The van der Waals surface area contributed by atoms with Gasteiger partial charge in [-0.3, -0.25) is 4.98 Å². The van der Waals surface area contributed by atoms with Crippen LogP contribution in [-0.2, 0) is 0 Å². The molecule has 60 valence electrons. The van der Waals surface area contributed by atoms with E-state index in [9.17, 15) is 0 Å². The molecule has 0 aliphatic rings. The molecule has 0 saturated heterocycles. The molecule has 1 unspecified atom stereocenters. The van der Waals surface area contributed by atoms with Crippen molar-refractivity contribution < 1.29 is 0 Å². The van der Waals surface area contributed by atoms with Gasteiger partial charge in [0.2, 0.25) is 0 Å². The molecule has 0 aromatic carbocycles. The monoisotopic (exact) mass is 167 g/mol. The third kappa shape index (κ3) is 2.54. The molecule has 1 heterocycles. The summed E-state index contributed by atoms with van der Waals surface area (Å²) < 4.78 is 0. The molecular weight excluding hydrogens is 154 g/mol. The molecule has 0 aliphatic carbocycles. The molecule has 0 fully saturated rings. The van der Waals surface area contributed by atoms with Gasteiger partial charge in [0.1, 0.15) is 0 Å². The van der Waals surface area contributed by atoms with Crippen molar-refractivity contribution in [2.45, 2.75) is 12.8 Å². The van der Waals surface area contributed by atoms with E-state index in [1.807, 2.05) is 24.2 Å². The molecule has 1 aromatic heterocycles. The van der Waals surface area contributed by atoms with E-state index in [-0.39, 0.29) is 0 Å². The summed E-state index contributed by atoms with van der Waals surface area (Å²) in [6.45, 7) is 2.24. The van der Waals surface area contributed by atoms with Crippen molar-refractivity contribution in [3.8, 4) is 0 Å². The SMILES string of the molecule is CSCC(C)c1ccncc1. The van der Waals surface area contributed by atoms with Crippen molar-refractivity contribution in [2.75, 3.05) is 12.0 Å². The summed E-state index contributed by atoms with van der Waals surface area (Å²) in [5.74, 6) is 1.83. The minimum absolute atomic E-state index is 0.646. The molecule has 0 N–H and O–H groups in total. The Labute approximate surface area is 72.2 Å². The third-order valence-corrected chi connectivity index (χ3v) is 2.53. The van der Waals surface area contributed by atoms with Gasteiger partial charge in [0.15, 0.2) is 0 Å². The van der Waals surface area contributed by atoms with Crippen molar-refractivity contribution >= 4 is 11.8 Å². The van der Waals surface area contributed by atoms with Gasteiger partial charge in [-0.25, -0.2) is 0 Å². The van der Waals surface area contributed by atoms with Crippen molar-refractivity contribution in [1.82, 2.24) is 4.98 Å². The number of hydrogen-bond donors (Lipinski definition) is 0. The molecule has 0 radical (unpaired) electrons. The summed E-state index contributed by atoms with van der Waals surface area (Å²) in [5.41, 5.74) is 1.38. The Morgan fingerprint density at radius 2 is 2.09 bits per heavy atom. The van der Waals surface area contributed by atoms with Crippen LogP contribution < -0.4 is 0 Å². The zero-order valence-corrected chi connectivity index (χ0v) is 7.77. The highest BCUT2D eigenvalue weighted by atomic mass is 32.2. The maximum atomic E-state index is 3.98. The molecule has 1 nitrogen and oxygen atoms in total. The molecule has 11 heavy (non-hydrogen) atoms. The highest BCUT2D eigenvalue weighted by Crippen LogP contribution is 2.17. The molecule has 1 aromatic rings. The zero-order valence-electron chi connectivity index (χ0n) is 6.95. The lowest BCUT2D eigenvalue weighted by Gasteiger charge is -2.08. The molecule has 1 rings (SSSR count). The van der Waals surface area contributed by atoms with Gasteiger partial charge in [-0.2, -0.15) is 11.8 Å². The number of thioether (sulfide) groups is 1. The average molecular weight is 167 g/mol. The van der Waals surface area contributed by atoms with Crippen LogP contribution in [0, 0.1) is 0 Å². The fourth-order valence-corrected chi connectivity index (χ4v) is 1.73. The quantitative estimate of drug-likeness (QED) is 0.686. The third-order valence-electron chi connectivity index (χ3n) is 1.69.